The molecule has 6 rings (SSSR count). The summed E-state index contributed by atoms with van der Waals surface area (Å²) in [5, 5.41) is 1.13. The van der Waals surface area contributed by atoms with E-state index in [0.717, 1.165) is 61.0 Å². The molecule has 1 saturated heterocycles. The number of rotatable bonds is 3. The van der Waals surface area contributed by atoms with E-state index >= 15 is 0 Å². The van der Waals surface area contributed by atoms with Gasteiger partial charge in [-0.25, -0.2) is 4.98 Å². The predicted molar refractivity (Wildman–Crippen MR) is 133 cm³/mol. The second kappa shape index (κ2) is 8.12. The van der Waals surface area contributed by atoms with Crippen molar-refractivity contribution in [2.24, 2.45) is 10.1 Å². The van der Waals surface area contributed by atoms with Crippen LogP contribution in [0.2, 0.25) is 0 Å². The van der Waals surface area contributed by atoms with Gasteiger partial charge in [-0.05, 0) is 49.9 Å². The molecule has 2 fully saturated rings. The Balaban J connectivity index is 1.42. The first kappa shape index (κ1) is 20.1. The van der Waals surface area contributed by atoms with E-state index in [4.69, 9.17) is 20.1 Å². The molecule has 6 nitrogen and oxygen atoms in total. The second-order valence-electron chi connectivity index (χ2n) is 9.30. The lowest BCUT2D eigenvalue weighted by Gasteiger charge is -2.25. The summed E-state index contributed by atoms with van der Waals surface area (Å²) < 4.78 is 5.16. The molecule has 3 aliphatic rings. The van der Waals surface area contributed by atoms with Crippen LogP contribution in [0.3, 0.4) is 0 Å². The first-order valence-corrected chi connectivity index (χ1v) is 13.0. The van der Waals surface area contributed by atoms with Crippen molar-refractivity contribution >= 4 is 33.4 Å². The van der Waals surface area contributed by atoms with Crippen molar-refractivity contribution < 1.29 is 0 Å². The number of hydrogen-bond acceptors (Lipinski definition) is 6. The zero-order chi connectivity index (χ0) is 21.7. The summed E-state index contributed by atoms with van der Waals surface area (Å²) in [4.78, 5) is 16.3. The van der Waals surface area contributed by atoms with E-state index in [9.17, 15) is 0 Å². The average Bonchev–Trinajstić information content (AvgIpc) is 3.55. The second-order valence-corrected chi connectivity index (χ2v) is 11.1. The topological polar surface area (TPSA) is 70.6 Å². The van der Waals surface area contributed by atoms with E-state index in [2.05, 4.69) is 59.2 Å². The van der Waals surface area contributed by atoms with E-state index in [1.165, 1.54) is 28.9 Å². The highest BCUT2D eigenvalue weighted by atomic mass is 32.2. The number of anilines is 2. The first-order chi connectivity index (χ1) is 15.6. The fraction of sp³-hybridized carbons (Fsp3) is 0.440. The highest BCUT2D eigenvalue weighted by Crippen LogP contribution is 2.33. The van der Waals surface area contributed by atoms with Gasteiger partial charge in [-0.1, -0.05) is 40.5 Å². The van der Waals surface area contributed by atoms with Crippen molar-refractivity contribution in [1.29, 1.82) is 0 Å². The van der Waals surface area contributed by atoms with Crippen LogP contribution in [0.15, 0.2) is 51.7 Å². The Bertz CT molecular complexity index is 1200. The van der Waals surface area contributed by atoms with Gasteiger partial charge >= 0.3 is 0 Å². The standard InChI is InChI=1S/C25H30N6S/c1-17-6-9-22-21(14-17)24(30-11-10-19(26)16-30)28-25(27-22)31-12-13-32(29-20-7-8-20)23-5-3-2-4-18(23)15-31/h2-6,9,14,19-20H,7-8,10-13,15-16,26H2,1H3/t19-,32?/m0/s1. The summed E-state index contributed by atoms with van der Waals surface area (Å²) in [5.41, 5.74) is 9.84. The maximum absolute atomic E-state index is 6.25. The van der Waals surface area contributed by atoms with Gasteiger partial charge in [0, 0.05) is 48.3 Å². The van der Waals surface area contributed by atoms with Crippen molar-refractivity contribution in [2.45, 2.75) is 49.7 Å². The van der Waals surface area contributed by atoms with Crippen molar-refractivity contribution in [3.8, 4) is 0 Å². The molecular weight excluding hydrogens is 416 g/mol. The summed E-state index contributed by atoms with van der Waals surface area (Å²) in [5.74, 6) is 2.89. The van der Waals surface area contributed by atoms with Gasteiger partial charge in [-0.15, -0.1) is 0 Å². The maximum atomic E-state index is 6.25. The molecule has 0 amide bonds. The van der Waals surface area contributed by atoms with Crippen LogP contribution >= 0.6 is 0 Å². The zero-order valence-corrected chi connectivity index (χ0v) is 19.4. The molecule has 3 heterocycles. The molecule has 1 saturated carbocycles. The largest absolute Gasteiger partial charge is 0.354 e. The Labute approximate surface area is 191 Å². The van der Waals surface area contributed by atoms with Gasteiger partial charge in [0.1, 0.15) is 5.82 Å². The van der Waals surface area contributed by atoms with Gasteiger partial charge < -0.3 is 15.5 Å². The number of benzene rings is 2. The number of nitrogens with two attached hydrogens (primary N) is 1. The smallest absolute Gasteiger partial charge is 0.228 e. The number of nitrogens with zero attached hydrogens (tertiary/aromatic N) is 5. The van der Waals surface area contributed by atoms with Crippen LogP contribution in [0.1, 0.15) is 30.4 Å². The molecule has 3 aromatic rings. The van der Waals surface area contributed by atoms with Crippen molar-refractivity contribution in [2.75, 3.05) is 35.2 Å². The molecule has 2 atom stereocenters. The molecule has 32 heavy (non-hydrogen) atoms. The molecule has 0 radical (unpaired) electrons. The van der Waals surface area contributed by atoms with Crippen LogP contribution in [-0.4, -0.2) is 47.4 Å². The summed E-state index contributed by atoms with van der Waals surface area (Å²) in [6.45, 7) is 5.68. The molecule has 2 N–H and O–H groups in total. The number of hydrogen-bond donors (Lipinski definition) is 1. The normalized spacial score (nSPS) is 23.6. The van der Waals surface area contributed by atoms with Crippen LogP contribution in [-0.2, 0) is 17.2 Å². The SMILES string of the molecule is Cc1ccc2nc(N3CCS(=NC4CC4)c4ccccc4C3)nc(N3CC[C@H](N)C3)c2c1. The lowest BCUT2D eigenvalue weighted by molar-refractivity contribution is 0.751. The van der Waals surface area contributed by atoms with E-state index in [1.807, 2.05) is 0 Å². The van der Waals surface area contributed by atoms with Crippen molar-refractivity contribution in [1.82, 2.24) is 9.97 Å². The highest BCUT2D eigenvalue weighted by molar-refractivity contribution is 7.87. The number of aryl methyl sites for hydroxylation is 1. The summed E-state index contributed by atoms with van der Waals surface area (Å²) >= 11 is 0. The summed E-state index contributed by atoms with van der Waals surface area (Å²) in [6, 6.07) is 16.1. The monoisotopic (exact) mass is 446 g/mol. The minimum absolute atomic E-state index is 0.0405. The van der Waals surface area contributed by atoms with Crippen LogP contribution in [0, 0.1) is 6.92 Å². The van der Waals surface area contributed by atoms with Crippen molar-refractivity contribution in [3.05, 3.63) is 53.6 Å². The highest BCUT2D eigenvalue weighted by Gasteiger charge is 2.27. The summed E-state index contributed by atoms with van der Waals surface area (Å²) in [6.07, 6.45) is 3.52. The van der Waals surface area contributed by atoms with E-state index < -0.39 is 0 Å². The lowest BCUT2D eigenvalue weighted by atomic mass is 10.1. The summed E-state index contributed by atoms with van der Waals surface area (Å²) in [7, 11) is -0.0405. The van der Waals surface area contributed by atoms with Crippen molar-refractivity contribution in [3.63, 3.8) is 0 Å². The Morgan fingerprint density at radius 2 is 1.91 bits per heavy atom. The van der Waals surface area contributed by atoms with E-state index in [1.54, 1.807) is 0 Å². The van der Waals surface area contributed by atoms with Gasteiger partial charge in [-0.2, -0.15) is 4.98 Å². The molecule has 1 unspecified atom stereocenters. The minimum Gasteiger partial charge on any atom is -0.354 e. The van der Waals surface area contributed by atoms with E-state index in [-0.39, 0.29) is 16.7 Å². The fourth-order valence-corrected chi connectivity index (χ4v) is 6.75. The van der Waals surface area contributed by atoms with Gasteiger partial charge in [-0.3, -0.25) is 4.36 Å². The minimum atomic E-state index is -0.0405. The quantitative estimate of drug-likeness (QED) is 0.662. The lowest BCUT2D eigenvalue weighted by Crippen LogP contribution is -2.30. The average molecular weight is 447 g/mol. The zero-order valence-electron chi connectivity index (χ0n) is 18.6. The van der Waals surface area contributed by atoms with Gasteiger partial charge in [0.2, 0.25) is 5.95 Å². The molecule has 166 valence electrons. The van der Waals surface area contributed by atoms with Gasteiger partial charge in [0.25, 0.3) is 0 Å². The molecule has 0 spiro atoms. The van der Waals surface area contributed by atoms with Crippen LogP contribution in [0.5, 0.6) is 0 Å². The molecule has 2 aromatic carbocycles. The van der Waals surface area contributed by atoms with E-state index in [0.29, 0.717) is 6.04 Å². The molecule has 7 heteroatoms. The molecule has 0 bridgehead atoms. The molecule has 1 aliphatic carbocycles. The third-order valence-corrected chi connectivity index (χ3v) is 8.62. The third kappa shape index (κ3) is 3.88. The number of aromatic nitrogens is 2. The Morgan fingerprint density at radius 3 is 2.72 bits per heavy atom. The van der Waals surface area contributed by atoms with Gasteiger partial charge in [0.05, 0.1) is 11.6 Å². The fourth-order valence-electron chi connectivity index (χ4n) is 4.67. The Kier molecular flexibility index (Phi) is 5.11. The molecular formula is C25H30N6S. The predicted octanol–water partition coefficient (Wildman–Crippen LogP) is 3.82. The third-order valence-electron chi connectivity index (χ3n) is 6.59. The first-order valence-electron chi connectivity index (χ1n) is 11.7. The maximum Gasteiger partial charge on any atom is 0.228 e. The molecule has 1 aromatic heterocycles. The number of fused-ring (bicyclic) bond motifs is 2. The van der Waals surface area contributed by atoms with Gasteiger partial charge in [0.15, 0.2) is 0 Å². The van der Waals surface area contributed by atoms with Crippen LogP contribution < -0.4 is 15.5 Å². The van der Waals surface area contributed by atoms with Crippen LogP contribution in [0.4, 0.5) is 11.8 Å². The molecule has 2 aliphatic heterocycles. The Morgan fingerprint density at radius 1 is 1.03 bits per heavy atom. The Hall–Kier alpha value is -2.51. The van der Waals surface area contributed by atoms with Crippen LogP contribution in [0.25, 0.3) is 10.9 Å².